The van der Waals surface area contributed by atoms with Crippen LogP contribution >= 0.6 is 0 Å². The average Bonchev–Trinajstić information content (AvgIpc) is 3.15. The standard InChI is InChI=1S/C30H31N5O5/c1-19(40-25-15-16-32-24-17-22(39-5)12-13-23(24)25)11-14-26(31)33-28(36)27-20(2)34(18-30(3,4)38)35(29(27)37)21-9-7-6-8-10-21/h6-17,38H,1,18H2,2-5H3,(H2,31,33,36)/b14-11-. The molecule has 0 bridgehead atoms. The predicted molar refractivity (Wildman–Crippen MR) is 153 cm³/mol. The van der Waals surface area contributed by atoms with Gasteiger partial charge in [0.15, 0.2) is 0 Å². The molecule has 2 heterocycles. The van der Waals surface area contributed by atoms with E-state index in [-0.39, 0.29) is 23.7 Å². The number of fused-ring (bicyclic) bond motifs is 1. The van der Waals surface area contributed by atoms with E-state index in [2.05, 4.69) is 16.9 Å². The number of carbonyl (C=O) groups is 1. The number of methoxy groups -OCH3 is 1. The molecule has 0 saturated carbocycles. The molecule has 1 amide bonds. The lowest BCUT2D eigenvalue weighted by Crippen LogP contribution is -2.34. The maximum atomic E-state index is 13.4. The number of hydrogen-bond acceptors (Lipinski definition) is 7. The van der Waals surface area contributed by atoms with Crippen molar-refractivity contribution in [1.29, 1.82) is 5.41 Å². The molecule has 0 aliphatic rings. The van der Waals surface area contributed by atoms with Crippen LogP contribution in [0.3, 0.4) is 0 Å². The van der Waals surface area contributed by atoms with Crippen molar-refractivity contribution in [1.82, 2.24) is 19.7 Å². The number of nitrogens with one attached hydrogen (secondary N) is 2. The Bertz CT molecular complexity index is 1680. The maximum Gasteiger partial charge on any atom is 0.284 e. The number of para-hydroxylation sites is 1. The summed E-state index contributed by atoms with van der Waals surface area (Å²) in [6.45, 7) is 8.80. The lowest BCUT2D eigenvalue weighted by molar-refractivity contribution is 0.0545. The molecule has 0 aliphatic carbocycles. The normalized spacial score (nSPS) is 11.5. The van der Waals surface area contributed by atoms with E-state index < -0.39 is 17.1 Å². The topological polar surface area (TPSA) is 131 Å². The Morgan fingerprint density at radius 1 is 1.18 bits per heavy atom. The van der Waals surface area contributed by atoms with Crippen molar-refractivity contribution < 1.29 is 19.4 Å². The van der Waals surface area contributed by atoms with Crippen LogP contribution in [0, 0.1) is 12.3 Å². The van der Waals surface area contributed by atoms with Gasteiger partial charge in [0, 0.05) is 17.6 Å². The first-order valence-corrected chi connectivity index (χ1v) is 12.5. The fourth-order valence-corrected chi connectivity index (χ4v) is 4.19. The number of carbonyl (C=O) groups excluding carboxylic acids is 1. The first-order chi connectivity index (χ1) is 19.0. The molecule has 40 heavy (non-hydrogen) atoms. The van der Waals surface area contributed by atoms with Crippen molar-refractivity contribution in [2.24, 2.45) is 0 Å². The third-order valence-electron chi connectivity index (χ3n) is 6.00. The summed E-state index contributed by atoms with van der Waals surface area (Å²) in [5, 5.41) is 21.9. The molecule has 3 N–H and O–H groups in total. The SMILES string of the molecule is C=C(/C=C\C(=N)NC(=O)c1c(C)n(CC(C)(C)O)n(-c2ccccc2)c1=O)Oc1ccnc2cc(OC)ccc12. The van der Waals surface area contributed by atoms with Crippen molar-refractivity contribution >= 4 is 22.6 Å². The zero-order valence-corrected chi connectivity index (χ0v) is 22.8. The Balaban J connectivity index is 1.52. The van der Waals surface area contributed by atoms with Crippen LogP contribution in [0.1, 0.15) is 29.9 Å². The predicted octanol–water partition coefficient (Wildman–Crippen LogP) is 4.13. The van der Waals surface area contributed by atoms with Crippen LogP contribution in [0.4, 0.5) is 0 Å². The van der Waals surface area contributed by atoms with E-state index in [0.717, 1.165) is 5.39 Å². The zero-order chi connectivity index (χ0) is 29.0. The van der Waals surface area contributed by atoms with Gasteiger partial charge in [-0.2, -0.15) is 0 Å². The van der Waals surface area contributed by atoms with Crippen molar-refractivity contribution in [2.75, 3.05) is 7.11 Å². The van der Waals surface area contributed by atoms with E-state index in [1.165, 1.54) is 16.8 Å². The fourth-order valence-electron chi connectivity index (χ4n) is 4.19. The smallest absolute Gasteiger partial charge is 0.284 e. The molecule has 0 saturated heterocycles. The van der Waals surface area contributed by atoms with E-state index in [9.17, 15) is 14.7 Å². The number of aliphatic hydroxyl groups is 1. The van der Waals surface area contributed by atoms with E-state index in [4.69, 9.17) is 14.9 Å². The molecular weight excluding hydrogens is 510 g/mol. The highest BCUT2D eigenvalue weighted by molar-refractivity contribution is 6.09. The molecule has 206 valence electrons. The molecule has 0 atom stereocenters. The van der Waals surface area contributed by atoms with Crippen LogP contribution < -0.4 is 20.3 Å². The summed E-state index contributed by atoms with van der Waals surface area (Å²) in [7, 11) is 1.58. The molecular formula is C30H31N5O5. The molecule has 10 nitrogen and oxygen atoms in total. The molecule has 0 fully saturated rings. The monoisotopic (exact) mass is 541 g/mol. The van der Waals surface area contributed by atoms with Crippen LogP contribution in [0.5, 0.6) is 11.5 Å². The minimum absolute atomic E-state index is 0.0707. The van der Waals surface area contributed by atoms with E-state index in [1.807, 2.05) is 12.1 Å². The van der Waals surface area contributed by atoms with Crippen LogP contribution in [0.25, 0.3) is 16.6 Å². The minimum Gasteiger partial charge on any atom is -0.497 e. The third kappa shape index (κ3) is 6.19. The Hall–Kier alpha value is -4.96. The van der Waals surface area contributed by atoms with Gasteiger partial charge in [0.25, 0.3) is 11.5 Å². The lowest BCUT2D eigenvalue weighted by atomic mass is 10.1. The summed E-state index contributed by atoms with van der Waals surface area (Å²) in [6.07, 6.45) is 4.35. The number of hydrogen-bond donors (Lipinski definition) is 3. The first-order valence-electron chi connectivity index (χ1n) is 12.5. The highest BCUT2D eigenvalue weighted by Gasteiger charge is 2.27. The number of nitrogens with zero attached hydrogens (tertiary/aromatic N) is 3. The summed E-state index contributed by atoms with van der Waals surface area (Å²) < 4.78 is 14.0. The molecule has 4 aromatic rings. The molecule has 0 radical (unpaired) electrons. The third-order valence-corrected chi connectivity index (χ3v) is 6.00. The minimum atomic E-state index is -1.15. The number of ether oxygens (including phenoxy) is 2. The second kappa shape index (κ2) is 11.4. The van der Waals surface area contributed by atoms with Crippen LogP contribution in [-0.4, -0.2) is 43.9 Å². The fraction of sp³-hybridized carbons (Fsp3) is 0.200. The van der Waals surface area contributed by atoms with Crippen molar-refractivity contribution in [2.45, 2.75) is 32.9 Å². The summed E-state index contributed by atoms with van der Waals surface area (Å²) in [6, 6.07) is 15.9. The number of rotatable bonds is 9. The number of pyridine rings is 1. The number of amides is 1. The second-order valence-electron chi connectivity index (χ2n) is 9.74. The Morgan fingerprint density at radius 3 is 2.58 bits per heavy atom. The maximum absolute atomic E-state index is 13.4. The summed E-state index contributed by atoms with van der Waals surface area (Å²) in [5.41, 5.74) is -0.246. The lowest BCUT2D eigenvalue weighted by Gasteiger charge is -2.22. The van der Waals surface area contributed by atoms with Crippen molar-refractivity contribution in [3.63, 3.8) is 0 Å². The van der Waals surface area contributed by atoms with E-state index >= 15 is 0 Å². The van der Waals surface area contributed by atoms with Gasteiger partial charge in [-0.25, -0.2) is 4.68 Å². The Labute approximate surface area is 231 Å². The van der Waals surface area contributed by atoms with E-state index in [1.54, 1.807) is 81.2 Å². The number of amidine groups is 1. The van der Waals surface area contributed by atoms with Gasteiger partial charge in [0.1, 0.15) is 28.7 Å². The Kier molecular flexibility index (Phi) is 8.01. The van der Waals surface area contributed by atoms with Gasteiger partial charge >= 0.3 is 0 Å². The summed E-state index contributed by atoms with van der Waals surface area (Å²) in [4.78, 5) is 30.9. The number of aromatic nitrogens is 3. The van der Waals surface area contributed by atoms with E-state index in [0.29, 0.717) is 28.4 Å². The van der Waals surface area contributed by atoms with Gasteiger partial charge in [-0.1, -0.05) is 24.8 Å². The van der Waals surface area contributed by atoms with Gasteiger partial charge in [0.05, 0.1) is 36.2 Å². The van der Waals surface area contributed by atoms with Crippen LogP contribution in [0.15, 0.2) is 90.1 Å². The number of allylic oxidation sites excluding steroid dienone is 1. The van der Waals surface area contributed by atoms with Crippen molar-refractivity contribution in [3.8, 4) is 17.2 Å². The molecule has 2 aromatic heterocycles. The van der Waals surface area contributed by atoms with Gasteiger partial charge < -0.3 is 19.9 Å². The van der Waals surface area contributed by atoms with Gasteiger partial charge in [-0.15, -0.1) is 0 Å². The highest BCUT2D eigenvalue weighted by Crippen LogP contribution is 2.28. The highest BCUT2D eigenvalue weighted by atomic mass is 16.5. The van der Waals surface area contributed by atoms with Crippen LogP contribution in [-0.2, 0) is 6.54 Å². The molecule has 4 rings (SSSR count). The van der Waals surface area contributed by atoms with Gasteiger partial charge in [-0.3, -0.25) is 24.7 Å². The Morgan fingerprint density at radius 2 is 1.90 bits per heavy atom. The quantitative estimate of drug-likeness (QED) is 0.126. The van der Waals surface area contributed by atoms with Gasteiger partial charge in [0.2, 0.25) is 0 Å². The molecule has 10 heteroatoms. The molecule has 2 aromatic carbocycles. The first kappa shape index (κ1) is 28.1. The van der Waals surface area contributed by atoms with Crippen LogP contribution in [0.2, 0.25) is 0 Å². The average molecular weight is 542 g/mol. The second-order valence-corrected chi connectivity index (χ2v) is 9.74. The largest absolute Gasteiger partial charge is 0.497 e. The number of benzene rings is 2. The van der Waals surface area contributed by atoms with Crippen molar-refractivity contribution in [3.05, 3.63) is 107 Å². The molecule has 0 aliphatic heterocycles. The van der Waals surface area contributed by atoms with Gasteiger partial charge in [-0.05, 0) is 63.3 Å². The summed E-state index contributed by atoms with van der Waals surface area (Å²) >= 11 is 0. The molecule has 0 spiro atoms. The zero-order valence-electron chi connectivity index (χ0n) is 22.8. The molecule has 0 unspecified atom stereocenters. The summed E-state index contributed by atoms with van der Waals surface area (Å²) in [5.74, 6) is 0.405.